The fourth-order valence-corrected chi connectivity index (χ4v) is 10.9. The maximum atomic E-state index is 8.87. The van der Waals surface area contributed by atoms with Crippen LogP contribution in [0, 0.1) is 24.7 Å². The van der Waals surface area contributed by atoms with Crippen molar-refractivity contribution in [3.63, 3.8) is 0 Å². The summed E-state index contributed by atoms with van der Waals surface area (Å²) in [5, 5.41) is 26.0. The van der Waals surface area contributed by atoms with Gasteiger partial charge in [-0.3, -0.25) is 18.9 Å². The first-order valence-electron chi connectivity index (χ1n) is 22.8. The van der Waals surface area contributed by atoms with E-state index in [2.05, 4.69) is 98.7 Å². The zero-order valence-corrected chi connectivity index (χ0v) is 39.4. The van der Waals surface area contributed by atoms with E-state index in [4.69, 9.17) is 41.0 Å². The van der Waals surface area contributed by atoms with Crippen molar-refractivity contribution in [3.05, 3.63) is 94.5 Å². The number of aromatic amines is 1. The quantitative estimate of drug-likeness (QED) is 0.155. The minimum absolute atomic E-state index is 0.0934. The van der Waals surface area contributed by atoms with Crippen LogP contribution in [0.2, 0.25) is 0 Å². The Kier molecular flexibility index (Phi) is 12.0. The van der Waals surface area contributed by atoms with Crippen LogP contribution in [0.3, 0.4) is 0 Å². The number of halogens is 1. The van der Waals surface area contributed by atoms with Crippen molar-refractivity contribution in [2.45, 2.75) is 84.2 Å². The number of aliphatic imine (C=N–C) groups is 1. The van der Waals surface area contributed by atoms with Crippen LogP contribution in [0.15, 0.2) is 77.0 Å². The number of nitrogens with zero attached hydrogens (tertiary/aromatic N) is 10. The number of piperidine rings is 2. The van der Waals surface area contributed by atoms with Gasteiger partial charge in [0.1, 0.15) is 4.60 Å². The highest BCUT2D eigenvalue weighted by Crippen LogP contribution is 2.44. The number of hydrogen-bond donors (Lipinski definition) is 5. The minimum atomic E-state index is -1.38. The second-order valence-corrected chi connectivity index (χ2v) is 19.4. The van der Waals surface area contributed by atoms with Gasteiger partial charge in [-0.05, 0) is 92.0 Å². The van der Waals surface area contributed by atoms with E-state index in [9.17, 15) is 0 Å². The Morgan fingerprint density at radius 3 is 1.97 bits per heavy atom. The Morgan fingerprint density at radius 2 is 1.38 bits per heavy atom. The highest BCUT2D eigenvalue weighted by molar-refractivity contribution is 9.10. The van der Waals surface area contributed by atoms with E-state index in [-0.39, 0.29) is 35.1 Å². The number of anilines is 2. The van der Waals surface area contributed by atoms with Crippen LogP contribution in [0.1, 0.15) is 62.0 Å². The summed E-state index contributed by atoms with van der Waals surface area (Å²) in [6.07, 6.45) is 15.7. The molecule has 5 aromatic heterocycles. The number of nitrogens with two attached hydrogens (primary N) is 2. The number of imidazole rings is 2. The molecule has 5 aliphatic heterocycles. The molecule has 2 aromatic carbocycles. The summed E-state index contributed by atoms with van der Waals surface area (Å²) < 4.78 is 16.9. The van der Waals surface area contributed by atoms with Crippen molar-refractivity contribution in [3.8, 4) is 11.3 Å². The third-order valence-electron chi connectivity index (χ3n) is 14.8. The lowest BCUT2D eigenvalue weighted by Gasteiger charge is -2.41. The fourth-order valence-electron chi connectivity index (χ4n) is 10.6. The molecule has 17 nitrogen and oxygen atoms in total. The zero-order valence-electron chi connectivity index (χ0n) is 37.8. The van der Waals surface area contributed by atoms with E-state index in [1.54, 1.807) is 18.3 Å². The van der Waals surface area contributed by atoms with Crippen LogP contribution < -0.4 is 26.7 Å². The first-order valence-corrected chi connectivity index (χ1v) is 23.6. The molecule has 7 N–H and O–H groups in total. The first-order chi connectivity index (χ1) is 31.8. The van der Waals surface area contributed by atoms with Crippen LogP contribution in [-0.4, -0.2) is 126 Å². The molecule has 19 heteroatoms. The van der Waals surface area contributed by atoms with Crippen molar-refractivity contribution in [1.82, 2.24) is 38.9 Å². The van der Waals surface area contributed by atoms with Gasteiger partial charge in [-0.2, -0.15) is 5.10 Å². The molecule has 12 rings (SSSR count). The Bertz CT molecular complexity index is 2920. The average Bonchev–Trinajstić information content (AvgIpc) is 4.21. The fraction of sp³-hybridized carbons (Fsp3) is 0.447. The molecule has 0 aliphatic carbocycles. The third-order valence-corrected chi connectivity index (χ3v) is 15.8. The summed E-state index contributed by atoms with van der Waals surface area (Å²) in [5.74, 6) is 1.91. The van der Waals surface area contributed by atoms with Crippen molar-refractivity contribution >= 4 is 68.6 Å². The number of hydrogen-bond acceptors (Lipinski definition) is 14. The molecular formula is C47H57BBrN13O4. The molecule has 10 heterocycles. The number of rotatable bonds is 4. The van der Waals surface area contributed by atoms with Gasteiger partial charge in [0.05, 0.1) is 60.8 Å². The molecule has 4 fully saturated rings. The van der Waals surface area contributed by atoms with Gasteiger partial charge in [0.15, 0.2) is 22.9 Å². The monoisotopic (exact) mass is 957 g/mol. The number of aromatic nitrogens is 8. The SMILES string of the molecule is Cc1nc(N2CCC3(CC2)CO[C@@H](C)[C@H]3N)c2nccn2c1-c1ccc2cn[nH]c2c1.Cc1nc(N2CCC3(CC2)CO[C@@H](C)[C@H]3N)c2nccn2c1Br.OB(O)c1ccc2c(c1)CN=C2. The highest BCUT2D eigenvalue weighted by atomic mass is 79.9. The molecule has 2 spiro atoms. The number of H-pyrrole nitrogens is 1. The van der Waals surface area contributed by atoms with E-state index < -0.39 is 7.12 Å². The van der Waals surface area contributed by atoms with Gasteiger partial charge in [0.2, 0.25) is 0 Å². The van der Waals surface area contributed by atoms with Crippen molar-refractivity contribution in [1.29, 1.82) is 0 Å². The number of ether oxygens (including phenoxy) is 2. The van der Waals surface area contributed by atoms with E-state index in [0.29, 0.717) is 12.0 Å². The van der Waals surface area contributed by atoms with E-state index in [0.717, 1.165) is 137 Å². The zero-order chi connectivity index (χ0) is 45.9. The van der Waals surface area contributed by atoms with Crippen molar-refractivity contribution in [2.24, 2.45) is 27.3 Å². The summed E-state index contributed by atoms with van der Waals surface area (Å²) in [7, 11) is -1.38. The Hall–Kier alpha value is -5.28. The van der Waals surface area contributed by atoms with Crippen LogP contribution in [0.25, 0.3) is 33.5 Å². The molecule has 7 aromatic rings. The van der Waals surface area contributed by atoms with Crippen molar-refractivity contribution < 1.29 is 19.5 Å². The molecule has 344 valence electrons. The Balaban J connectivity index is 0.000000128. The maximum absolute atomic E-state index is 8.87. The molecule has 4 saturated heterocycles. The predicted octanol–water partition coefficient (Wildman–Crippen LogP) is 4.35. The Morgan fingerprint density at radius 1 is 0.788 bits per heavy atom. The molecule has 66 heavy (non-hydrogen) atoms. The van der Waals surface area contributed by atoms with Gasteiger partial charge in [-0.25, -0.2) is 19.9 Å². The molecule has 0 unspecified atom stereocenters. The average molecular weight is 959 g/mol. The van der Waals surface area contributed by atoms with Crippen LogP contribution in [0.4, 0.5) is 11.6 Å². The third kappa shape index (κ3) is 7.97. The lowest BCUT2D eigenvalue weighted by molar-refractivity contribution is 0.0973. The van der Waals surface area contributed by atoms with Gasteiger partial charge < -0.3 is 40.8 Å². The van der Waals surface area contributed by atoms with E-state index in [1.165, 1.54) is 0 Å². The summed E-state index contributed by atoms with van der Waals surface area (Å²) in [5.41, 5.74) is 22.7. The van der Waals surface area contributed by atoms with Crippen molar-refractivity contribution in [2.75, 3.05) is 49.2 Å². The summed E-state index contributed by atoms with van der Waals surface area (Å²) in [6.45, 7) is 14.2. The number of aryl methyl sites for hydroxylation is 2. The smallest absolute Gasteiger partial charge is 0.423 e. The molecule has 5 aliphatic rings. The van der Waals surface area contributed by atoms with Crippen LogP contribution >= 0.6 is 15.9 Å². The lowest BCUT2D eigenvalue weighted by atomic mass is 9.73. The second kappa shape index (κ2) is 17.7. The van der Waals surface area contributed by atoms with E-state index >= 15 is 0 Å². The normalized spacial score (nSPS) is 22.9. The summed E-state index contributed by atoms with van der Waals surface area (Å²) in [6, 6.07) is 11.9. The maximum Gasteiger partial charge on any atom is 0.488 e. The number of benzene rings is 2. The second-order valence-electron chi connectivity index (χ2n) is 18.7. The first kappa shape index (κ1) is 44.6. The highest BCUT2D eigenvalue weighted by Gasteiger charge is 2.49. The van der Waals surface area contributed by atoms with Crippen LogP contribution in [0.5, 0.6) is 0 Å². The minimum Gasteiger partial charge on any atom is -0.423 e. The topological polar surface area (TPSA) is 219 Å². The molecule has 0 saturated carbocycles. The Labute approximate surface area is 391 Å². The standard InChI is InChI=1S/C23H27N7O.C16H22BrN5O.C8H8BNO2/c1-14-19(16-3-4-17-12-26-28-18(17)11-16)30-10-7-25-21(30)22(27-14)29-8-5-23(6-9-29)13-31-15(2)20(23)24;1-10-13(17)22-8-5-19-14(22)15(20-10)21-6-3-16(4-7-21)9-23-11(2)12(16)18;11-9(12)8-2-1-6-4-10-5-7(6)3-8/h3-4,7,10-12,15,20H,5-6,8-9,13,24H2,1-2H3,(H,26,28);5,8,11-12H,3-4,6-7,9,18H2,1-2H3;1-4,11-12H,5H2/t15-,20+;11-,12+;/m00./s1. The molecular weight excluding hydrogens is 901 g/mol. The van der Waals surface area contributed by atoms with Gasteiger partial charge in [-0.1, -0.05) is 30.3 Å². The molecule has 0 radical (unpaired) electrons. The van der Waals surface area contributed by atoms with Gasteiger partial charge in [-0.15, -0.1) is 0 Å². The van der Waals surface area contributed by atoms with Gasteiger partial charge >= 0.3 is 7.12 Å². The summed E-state index contributed by atoms with van der Waals surface area (Å²) >= 11 is 3.59. The number of nitrogens with one attached hydrogen (secondary N) is 1. The molecule has 4 atom stereocenters. The molecule has 0 amide bonds. The van der Waals surface area contributed by atoms with Crippen LogP contribution in [-0.2, 0) is 16.0 Å². The predicted molar refractivity (Wildman–Crippen MR) is 260 cm³/mol. The largest absolute Gasteiger partial charge is 0.488 e. The number of fused-ring (bicyclic) bond motifs is 4. The van der Waals surface area contributed by atoms with Gasteiger partial charge in [0, 0.05) is 91.0 Å². The van der Waals surface area contributed by atoms with Gasteiger partial charge in [0.25, 0.3) is 0 Å². The van der Waals surface area contributed by atoms with E-state index in [1.807, 2.05) is 44.0 Å². The molecule has 0 bridgehead atoms. The lowest BCUT2D eigenvalue weighted by Crippen LogP contribution is -2.50. The summed E-state index contributed by atoms with van der Waals surface area (Å²) in [4.78, 5) is 27.8.